The maximum atomic E-state index is 14.2. The first kappa shape index (κ1) is 28.1. The highest BCUT2D eigenvalue weighted by atomic mass is 35.5. The Morgan fingerprint density at radius 1 is 1.07 bits per heavy atom. The van der Waals surface area contributed by atoms with E-state index in [0.29, 0.717) is 69.3 Å². The predicted molar refractivity (Wildman–Crippen MR) is 144 cm³/mol. The molecule has 1 unspecified atom stereocenters. The van der Waals surface area contributed by atoms with Crippen LogP contribution in [0.5, 0.6) is 0 Å². The molecule has 1 N–H and O–H groups in total. The summed E-state index contributed by atoms with van der Waals surface area (Å²) in [5.41, 5.74) is -1.17. The van der Waals surface area contributed by atoms with Gasteiger partial charge in [0.25, 0.3) is 5.91 Å². The van der Waals surface area contributed by atoms with Crippen LogP contribution in [0.25, 0.3) is 0 Å². The molecule has 1 aromatic carbocycles. The number of hydrogen-bond acceptors (Lipinski definition) is 5. The molecule has 1 aromatic heterocycles. The Balaban J connectivity index is 1.40. The summed E-state index contributed by atoms with van der Waals surface area (Å²) in [6, 6.07) is 4.17. The third-order valence-corrected chi connectivity index (χ3v) is 9.66. The fourth-order valence-electron chi connectivity index (χ4n) is 6.78. The Morgan fingerprint density at radius 2 is 1.76 bits per heavy atom. The maximum absolute atomic E-state index is 14.2. The molecule has 2 aliphatic heterocycles. The zero-order chi connectivity index (χ0) is 29.3. The molecule has 3 fully saturated rings. The molecule has 12 heteroatoms. The first-order chi connectivity index (χ1) is 19.4. The lowest BCUT2D eigenvalue weighted by atomic mass is 9.84. The van der Waals surface area contributed by atoms with E-state index in [-0.39, 0.29) is 47.2 Å². The number of likely N-dealkylation sites (tertiary alicyclic amines) is 1. The van der Waals surface area contributed by atoms with Gasteiger partial charge in [-0.15, -0.1) is 5.10 Å². The Labute approximate surface area is 240 Å². The fourth-order valence-corrected chi connectivity index (χ4v) is 7.03. The van der Waals surface area contributed by atoms with Crippen molar-refractivity contribution in [3.8, 4) is 0 Å². The van der Waals surface area contributed by atoms with Crippen molar-refractivity contribution in [1.29, 1.82) is 0 Å². The third kappa shape index (κ3) is 4.70. The lowest BCUT2D eigenvalue weighted by Gasteiger charge is -2.40. The molecule has 220 valence electrons. The van der Waals surface area contributed by atoms with Crippen LogP contribution in [-0.2, 0) is 27.8 Å². The number of fused-ring (bicyclic) bond motifs is 1. The van der Waals surface area contributed by atoms with Crippen molar-refractivity contribution in [3.63, 3.8) is 0 Å². The van der Waals surface area contributed by atoms with E-state index in [1.807, 2.05) is 9.80 Å². The topological polar surface area (TPSA) is 95.7 Å². The van der Waals surface area contributed by atoms with Crippen LogP contribution in [-0.4, -0.2) is 69.9 Å². The molecule has 8 nitrogen and oxygen atoms in total. The molecule has 3 heterocycles. The molecule has 0 bridgehead atoms. The lowest BCUT2D eigenvalue weighted by Crippen LogP contribution is -2.51. The zero-order valence-electron chi connectivity index (χ0n) is 22.7. The molecule has 1 saturated carbocycles. The number of halogens is 4. The zero-order valence-corrected chi connectivity index (χ0v) is 23.5. The van der Waals surface area contributed by atoms with Crippen LogP contribution in [0, 0.1) is 17.8 Å². The average molecular weight is 593 g/mol. The number of carbonyl (C=O) groups excluding carboxylic acids is 2. The highest BCUT2D eigenvalue weighted by Gasteiger charge is 2.65. The molecular formula is C29H32ClF3N4O4. The van der Waals surface area contributed by atoms with Gasteiger partial charge in [0.05, 0.1) is 27.6 Å². The van der Waals surface area contributed by atoms with Gasteiger partial charge in [-0.1, -0.05) is 30.7 Å². The molecule has 4 aliphatic rings. The molecule has 2 aliphatic carbocycles. The minimum atomic E-state index is -4.54. The summed E-state index contributed by atoms with van der Waals surface area (Å²) < 4.78 is 43.7. The second kappa shape index (κ2) is 10.0. The standard InChI is InChI=1S/C29H32ClF3N4O4/c1-16-14-36(15-16)25(38)18-5-6-19-22(13-18)37(34-24(19)35-11-7-17(8-12-35)27(40)41)26(39)23-20(3-2-4-21(23)30)28(9-10-28)29(31,32)33/h2-4,16-18H,5-15H2,1H3,(H,40,41). The average Bonchev–Trinajstić information content (AvgIpc) is 3.66. The summed E-state index contributed by atoms with van der Waals surface area (Å²) in [6.45, 7) is 4.30. The number of aromatic nitrogens is 2. The fraction of sp³-hybridized carbons (Fsp3) is 0.586. The van der Waals surface area contributed by atoms with E-state index in [4.69, 9.17) is 11.6 Å². The Kier molecular flexibility index (Phi) is 6.86. The van der Waals surface area contributed by atoms with E-state index in [2.05, 4.69) is 12.0 Å². The molecule has 2 saturated heterocycles. The van der Waals surface area contributed by atoms with Crippen LogP contribution in [0.15, 0.2) is 18.2 Å². The highest BCUT2D eigenvalue weighted by molar-refractivity contribution is 6.34. The Hall–Kier alpha value is -3.08. The van der Waals surface area contributed by atoms with Gasteiger partial charge in [-0.2, -0.15) is 17.9 Å². The van der Waals surface area contributed by atoms with Gasteiger partial charge in [0.15, 0.2) is 5.82 Å². The minimum absolute atomic E-state index is 0.0187. The predicted octanol–water partition coefficient (Wildman–Crippen LogP) is 4.70. The van der Waals surface area contributed by atoms with E-state index in [1.54, 1.807) is 0 Å². The number of aliphatic carboxylic acids is 1. The second-order valence-corrected chi connectivity index (χ2v) is 12.5. The summed E-state index contributed by atoms with van der Waals surface area (Å²) in [6.07, 6.45) is -2.65. The van der Waals surface area contributed by atoms with Gasteiger partial charge < -0.3 is 14.9 Å². The van der Waals surface area contributed by atoms with Crippen LogP contribution in [0.4, 0.5) is 19.0 Å². The van der Waals surface area contributed by atoms with Crippen molar-refractivity contribution in [1.82, 2.24) is 14.7 Å². The van der Waals surface area contributed by atoms with E-state index >= 15 is 0 Å². The van der Waals surface area contributed by atoms with E-state index in [1.165, 1.54) is 22.9 Å². The van der Waals surface area contributed by atoms with Gasteiger partial charge in [0.1, 0.15) is 0 Å². The SMILES string of the molecule is CC1CN(C(=O)C2CCc3c(N4CCC(C(=O)O)CC4)nn(C(=O)c4c(Cl)cccc4C4(C(F)(F)F)CC4)c3C2)C1. The minimum Gasteiger partial charge on any atom is -0.481 e. The van der Waals surface area contributed by atoms with Crippen LogP contribution < -0.4 is 4.90 Å². The van der Waals surface area contributed by atoms with Gasteiger partial charge in [0.2, 0.25) is 5.91 Å². The molecule has 41 heavy (non-hydrogen) atoms. The van der Waals surface area contributed by atoms with Crippen molar-refractivity contribution in [2.75, 3.05) is 31.1 Å². The second-order valence-electron chi connectivity index (χ2n) is 12.1. The van der Waals surface area contributed by atoms with Gasteiger partial charge in [-0.05, 0) is 56.1 Å². The van der Waals surface area contributed by atoms with Crippen LogP contribution in [0.3, 0.4) is 0 Å². The van der Waals surface area contributed by atoms with E-state index in [0.717, 1.165) is 5.56 Å². The molecule has 1 atom stereocenters. The first-order valence-corrected chi connectivity index (χ1v) is 14.6. The molecule has 0 spiro atoms. The number of hydrogen-bond donors (Lipinski definition) is 1. The van der Waals surface area contributed by atoms with Crippen LogP contribution >= 0.6 is 11.6 Å². The van der Waals surface area contributed by atoms with E-state index in [9.17, 15) is 32.7 Å². The number of carboxylic acids is 1. The van der Waals surface area contributed by atoms with Crippen molar-refractivity contribution >= 4 is 35.2 Å². The summed E-state index contributed by atoms with van der Waals surface area (Å²) in [5, 5.41) is 14.0. The number of anilines is 1. The highest BCUT2D eigenvalue weighted by Crippen LogP contribution is 2.60. The quantitative estimate of drug-likeness (QED) is 0.541. The van der Waals surface area contributed by atoms with Crippen molar-refractivity contribution in [3.05, 3.63) is 45.6 Å². The third-order valence-electron chi connectivity index (χ3n) is 9.35. The number of carboxylic acid groups (broad SMARTS) is 1. The van der Waals surface area contributed by atoms with Crippen LogP contribution in [0.2, 0.25) is 5.02 Å². The number of nitrogens with zero attached hydrogens (tertiary/aromatic N) is 4. The van der Waals surface area contributed by atoms with Crippen LogP contribution in [0.1, 0.15) is 66.2 Å². The molecule has 0 radical (unpaired) electrons. The number of piperidine rings is 1. The Bertz CT molecular complexity index is 1410. The van der Waals surface area contributed by atoms with Gasteiger partial charge in [-0.3, -0.25) is 14.4 Å². The summed E-state index contributed by atoms with van der Waals surface area (Å²) in [5.74, 6) is -1.42. The van der Waals surface area contributed by atoms with Gasteiger partial charge in [0, 0.05) is 44.1 Å². The number of alkyl halides is 3. The molecule has 6 rings (SSSR count). The van der Waals surface area contributed by atoms with E-state index < -0.39 is 29.4 Å². The van der Waals surface area contributed by atoms with Gasteiger partial charge in [-0.25, -0.2) is 0 Å². The van der Waals surface area contributed by atoms with Crippen molar-refractivity contribution in [2.24, 2.45) is 17.8 Å². The monoisotopic (exact) mass is 592 g/mol. The first-order valence-electron chi connectivity index (χ1n) is 14.2. The van der Waals surface area contributed by atoms with Crippen molar-refractivity contribution < 1.29 is 32.7 Å². The largest absolute Gasteiger partial charge is 0.481 e. The number of rotatable bonds is 5. The van der Waals surface area contributed by atoms with Crippen molar-refractivity contribution in [2.45, 2.75) is 63.5 Å². The molecular weight excluding hydrogens is 561 g/mol. The number of carbonyl (C=O) groups is 3. The maximum Gasteiger partial charge on any atom is 0.398 e. The number of amides is 1. The lowest BCUT2D eigenvalue weighted by molar-refractivity contribution is -0.160. The van der Waals surface area contributed by atoms with Gasteiger partial charge >= 0.3 is 12.1 Å². The smallest absolute Gasteiger partial charge is 0.398 e. The summed E-state index contributed by atoms with van der Waals surface area (Å²) in [7, 11) is 0. The number of benzene rings is 1. The summed E-state index contributed by atoms with van der Waals surface area (Å²) in [4.78, 5) is 42.7. The summed E-state index contributed by atoms with van der Waals surface area (Å²) >= 11 is 6.45. The molecule has 1 amide bonds. The Morgan fingerprint density at radius 3 is 2.34 bits per heavy atom. The molecule has 2 aromatic rings. The normalized spacial score (nSPS) is 22.7.